The monoisotopic (exact) mass is 310 g/mol. The van der Waals surface area contributed by atoms with Crippen molar-refractivity contribution in [1.82, 2.24) is 5.32 Å². The summed E-state index contributed by atoms with van der Waals surface area (Å²) >= 11 is 0. The van der Waals surface area contributed by atoms with Crippen molar-refractivity contribution in [1.29, 1.82) is 0 Å². The van der Waals surface area contributed by atoms with Gasteiger partial charge in [-0.05, 0) is 23.6 Å². The standard InChI is InChI=1S/C15H19FN2O4/c1-15(2,3)7-12(19)17-8-13(20)18-11-6-9(14(21)22)4-5-10(11)16/h4-6H,7-8H2,1-3H3,(H,17,19)(H,18,20)(H,21,22). The second kappa shape index (κ2) is 7.02. The van der Waals surface area contributed by atoms with E-state index in [1.165, 1.54) is 0 Å². The summed E-state index contributed by atoms with van der Waals surface area (Å²) < 4.78 is 13.5. The molecule has 1 aromatic rings. The zero-order valence-corrected chi connectivity index (χ0v) is 12.7. The Morgan fingerprint density at radius 2 is 1.82 bits per heavy atom. The van der Waals surface area contributed by atoms with Crippen molar-refractivity contribution >= 4 is 23.5 Å². The SMILES string of the molecule is CC(C)(C)CC(=O)NCC(=O)Nc1cc(C(=O)O)ccc1F. The number of hydrogen-bond acceptors (Lipinski definition) is 3. The molecule has 0 saturated heterocycles. The molecule has 0 bridgehead atoms. The third-order valence-electron chi connectivity index (χ3n) is 2.62. The molecule has 0 aliphatic rings. The zero-order valence-electron chi connectivity index (χ0n) is 12.7. The van der Waals surface area contributed by atoms with Crippen LogP contribution < -0.4 is 10.6 Å². The molecule has 0 spiro atoms. The van der Waals surface area contributed by atoms with Crippen LogP contribution in [-0.2, 0) is 9.59 Å². The van der Waals surface area contributed by atoms with E-state index in [-0.39, 0.29) is 35.5 Å². The summed E-state index contributed by atoms with van der Waals surface area (Å²) in [7, 11) is 0. The van der Waals surface area contributed by atoms with Gasteiger partial charge in [-0.15, -0.1) is 0 Å². The van der Waals surface area contributed by atoms with Crippen molar-refractivity contribution in [2.75, 3.05) is 11.9 Å². The fourth-order valence-corrected chi connectivity index (χ4v) is 1.67. The molecular weight excluding hydrogens is 291 g/mol. The summed E-state index contributed by atoms with van der Waals surface area (Å²) in [5.74, 6) is -2.90. The van der Waals surface area contributed by atoms with Crippen LogP contribution in [0.1, 0.15) is 37.6 Å². The molecule has 0 aliphatic carbocycles. The van der Waals surface area contributed by atoms with E-state index in [0.717, 1.165) is 18.2 Å². The Bertz CT molecular complexity index is 594. The van der Waals surface area contributed by atoms with Crippen LogP contribution in [-0.4, -0.2) is 29.4 Å². The quantitative estimate of drug-likeness (QED) is 0.775. The van der Waals surface area contributed by atoms with E-state index >= 15 is 0 Å². The highest BCUT2D eigenvalue weighted by Gasteiger charge is 2.17. The first-order chi connectivity index (χ1) is 10.1. The molecule has 6 nitrogen and oxygen atoms in total. The Morgan fingerprint density at radius 1 is 1.18 bits per heavy atom. The predicted octanol–water partition coefficient (Wildman–Crippen LogP) is 2.01. The van der Waals surface area contributed by atoms with E-state index in [4.69, 9.17) is 5.11 Å². The molecule has 2 amide bonds. The lowest BCUT2D eigenvalue weighted by Gasteiger charge is -2.17. The molecule has 0 saturated carbocycles. The van der Waals surface area contributed by atoms with Crippen LogP contribution >= 0.6 is 0 Å². The van der Waals surface area contributed by atoms with Gasteiger partial charge < -0.3 is 15.7 Å². The normalized spacial score (nSPS) is 10.9. The van der Waals surface area contributed by atoms with E-state index < -0.39 is 17.7 Å². The van der Waals surface area contributed by atoms with Gasteiger partial charge in [0.1, 0.15) is 5.82 Å². The fraction of sp³-hybridized carbons (Fsp3) is 0.400. The minimum absolute atomic E-state index is 0.145. The van der Waals surface area contributed by atoms with Gasteiger partial charge in [0, 0.05) is 6.42 Å². The molecule has 22 heavy (non-hydrogen) atoms. The smallest absolute Gasteiger partial charge is 0.335 e. The lowest BCUT2D eigenvalue weighted by molar-refractivity contribution is -0.125. The Balaban J connectivity index is 2.60. The minimum atomic E-state index is -1.23. The summed E-state index contributed by atoms with van der Waals surface area (Å²) in [4.78, 5) is 34.1. The van der Waals surface area contributed by atoms with Crippen molar-refractivity contribution in [3.8, 4) is 0 Å². The fourth-order valence-electron chi connectivity index (χ4n) is 1.67. The number of halogens is 1. The lowest BCUT2D eigenvalue weighted by atomic mass is 9.92. The highest BCUT2D eigenvalue weighted by molar-refractivity contribution is 5.96. The molecule has 120 valence electrons. The Labute approximate surface area is 127 Å². The molecular formula is C15H19FN2O4. The topological polar surface area (TPSA) is 95.5 Å². The van der Waals surface area contributed by atoms with Crippen molar-refractivity contribution in [2.24, 2.45) is 5.41 Å². The van der Waals surface area contributed by atoms with Gasteiger partial charge >= 0.3 is 5.97 Å². The van der Waals surface area contributed by atoms with Crippen LogP contribution in [0.15, 0.2) is 18.2 Å². The average molecular weight is 310 g/mol. The van der Waals surface area contributed by atoms with Crippen molar-refractivity contribution in [3.05, 3.63) is 29.6 Å². The van der Waals surface area contributed by atoms with Gasteiger partial charge in [0.25, 0.3) is 0 Å². The van der Waals surface area contributed by atoms with Crippen LogP contribution in [0.2, 0.25) is 0 Å². The van der Waals surface area contributed by atoms with Crippen molar-refractivity contribution in [2.45, 2.75) is 27.2 Å². The summed E-state index contributed by atoms with van der Waals surface area (Å²) in [6.07, 6.45) is 0.253. The van der Waals surface area contributed by atoms with Crippen LogP contribution in [0.4, 0.5) is 10.1 Å². The number of amides is 2. The van der Waals surface area contributed by atoms with Crippen LogP contribution in [0.25, 0.3) is 0 Å². The molecule has 0 fully saturated rings. The number of hydrogen-bond donors (Lipinski definition) is 3. The van der Waals surface area contributed by atoms with Crippen molar-refractivity contribution < 1.29 is 23.9 Å². The summed E-state index contributed by atoms with van der Waals surface area (Å²) in [6, 6.07) is 3.07. The highest BCUT2D eigenvalue weighted by Crippen LogP contribution is 2.18. The van der Waals surface area contributed by atoms with Crippen LogP contribution in [0, 0.1) is 11.2 Å². The average Bonchev–Trinajstić information content (AvgIpc) is 2.36. The number of nitrogens with one attached hydrogen (secondary N) is 2. The highest BCUT2D eigenvalue weighted by atomic mass is 19.1. The van der Waals surface area contributed by atoms with E-state index in [9.17, 15) is 18.8 Å². The van der Waals surface area contributed by atoms with E-state index in [1.807, 2.05) is 20.8 Å². The first-order valence-corrected chi connectivity index (χ1v) is 6.68. The minimum Gasteiger partial charge on any atom is -0.478 e. The van der Waals surface area contributed by atoms with Gasteiger partial charge in [0.2, 0.25) is 11.8 Å². The molecule has 0 heterocycles. The van der Waals surface area contributed by atoms with Gasteiger partial charge in [0.05, 0.1) is 17.8 Å². The second-order valence-electron chi connectivity index (χ2n) is 6.06. The molecule has 7 heteroatoms. The van der Waals surface area contributed by atoms with E-state index in [1.54, 1.807) is 0 Å². The molecule has 0 aliphatic heterocycles. The third-order valence-corrected chi connectivity index (χ3v) is 2.62. The number of anilines is 1. The number of carboxylic acid groups (broad SMARTS) is 1. The maximum absolute atomic E-state index is 13.5. The Hall–Kier alpha value is -2.44. The second-order valence-corrected chi connectivity index (χ2v) is 6.06. The van der Waals surface area contributed by atoms with Crippen LogP contribution in [0.5, 0.6) is 0 Å². The van der Waals surface area contributed by atoms with E-state index in [0.29, 0.717) is 0 Å². The van der Waals surface area contributed by atoms with Crippen molar-refractivity contribution in [3.63, 3.8) is 0 Å². The molecule has 1 rings (SSSR count). The maximum atomic E-state index is 13.5. The Morgan fingerprint density at radius 3 is 2.36 bits per heavy atom. The number of rotatable bonds is 5. The first kappa shape index (κ1) is 17.6. The maximum Gasteiger partial charge on any atom is 0.335 e. The van der Waals surface area contributed by atoms with Gasteiger partial charge in [0.15, 0.2) is 0 Å². The summed E-state index contributed by atoms with van der Waals surface area (Å²) in [6.45, 7) is 5.35. The third kappa shape index (κ3) is 5.90. The number of aromatic carboxylic acids is 1. The summed E-state index contributed by atoms with van der Waals surface area (Å²) in [5.41, 5.74) is -0.592. The van der Waals surface area contributed by atoms with E-state index in [2.05, 4.69) is 10.6 Å². The molecule has 1 aromatic carbocycles. The van der Waals surface area contributed by atoms with Gasteiger partial charge in [-0.2, -0.15) is 0 Å². The van der Waals surface area contributed by atoms with Crippen LogP contribution in [0.3, 0.4) is 0 Å². The lowest BCUT2D eigenvalue weighted by Crippen LogP contribution is -2.34. The zero-order chi connectivity index (χ0) is 16.9. The largest absolute Gasteiger partial charge is 0.478 e. The molecule has 0 aromatic heterocycles. The molecule has 3 N–H and O–H groups in total. The molecule has 0 radical (unpaired) electrons. The summed E-state index contributed by atoms with van der Waals surface area (Å²) in [5, 5.41) is 13.5. The molecule has 0 atom stereocenters. The number of benzene rings is 1. The number of carbonyl (C=O) groups excluding carboxylic acids is 2. The first-order valence-electron chi connectivity index (χ1n) is 6.68. The molecule has 0 unspecified atom stereocenters. The van der Waals surface area contributed by atoms with Gasteiger partial charge in [-0.25, -0.2) is 9.18 Å². The Kier molecular flexibility index (Phi) is 5.62. The number of carbonyl (C=O) groups is 3. The van der Waals surface area contributed by atoms with Gasteiger partial charge in [-0.1, -0.05) is 20.8 Å². The number of carboxylic acids is 1. The van der Waals surface area contributed by atoms with Gasteiger partial charge in [-0.3, -0.25) is 9.59 Å². The predicted molar refractivity (Wildman–Crippen MR) is 79.1 cm³/mol.